The van der Waals surface area contributed by atoms with Gasteiger partial charge in [0.1, 0.15) is 18.5 Å². The van der Waals surface area contributed by atoms with Crippen molar-refractivity contribution in [2.45, 2.75) is 46.1 Å². The number of amides is 1. The van der Waals surface area contributed by atoms with E-state index in [1.807, 2.05) is 87.6 Å². The minimum absolute atomic E-state index is 0.172. The maximum Gasteiger partial charge on any atom is 0.246 e. The van der Waals surface area contributed by atoms with Gasteiger partial charge in [-0.1, -0.05) is 81.4 Å². The zero-order chi connectivity index (χ0) is 26.4. The fraction of sp³-hybridized carbons (Fsp3) is 0.370. The lowest BCUT2D eigenvalue weighted by molar-refractivity contribution is -0.139. The smallest absolute Gasteiger partial charge is 0.246 e. The molecular formula is C27H33FN8O. The zero-order valence-corrected chi connectivity index (χ0v) is 21.4. The van der Waals surface area contributed by atoms with E-state index >= 15 is 0 Å². The van der Waals surface area contributed by atoms with Crippen molar-refractivity contribution in [3.63, 3.8) is 0 Å². The van der Waals surface area contributed by atoms with Crippen LogP contribution in [0.25, 0.3) is 11.3 Å². The Kier molecular flexibility index (Phi) is 8.08. The van der Waals surface area contributed by atoms with Crippen LogP contribution in [0, 0.1) is 5.41 Å². The summed E-state index contributed by atoms with van der Waals surface area (Å²) in [5.41, 5.74) is 7.97. The van der Waals surface area contributed by atoms with E-state index in [1.165, 1.54) is 16.0 Å². The number of hydrogen-bond donors (Lipinski definition) is 1. The summed E-state index contributed by atoms with van der Waals surface area (Å²) >= 11 is 0. The van der Waals surface area contributed by atoms with E-state index in [0.29, 0.717) is 12.4 Å². The highest BCUT2D eigenvalue weighted by molar-refractivity contribution is 5.76. The van der Waals surface area contributed by atoms with Crippen molar-refractivity contribution in [3.05, 3.63) is 84.6 Å². The fourth-order valence-electron chi connectivity index (χ4n) is 4.41. The summed E-state index contributed by atoms with van der Waals surface area (Å²) in [5.74, 6) is 0.323. The number of nitrogens with zero attached hydrogens (tertiary/aromatic N) is 7. The molecule has 2 atom stereocenters. The number of hydrogen-bond acceptors (Lipinski definition) is 6. The Morgan fingerprint density at radius 1 is 1.08 bits per heavy atom. The molecule has 1 amide bonds. The quantitative estimate of drug-likeness (QED) is 0.354. The monoisotopic (exact) mass is 504 g/mol. The Balaban J connectivity index is 1.83. The maximum atomic E-state index is 14.8. The summed E-state index contributed by atoms with van der Waals surface area (Å²) in [6, 6.07) is 19.3. The molecule has 4 aromatic rings. The molecule has 0 saturated heterocycles. The van der Waals surface area contributed by atoms with Gasteiger partial charge in [0.15, 0.2) is 6.33 Å². The molecule has 0 aliphatic rings. The van der Waals surface area contributed by atoms with Crippen molar-refractivity contribution in [1.29, 1.82) is 0 Å². The van der Waals surface area contributed by atoms with Crippen molar-refractivity contribution in [2.24, 2.45) is 11.1 Å². The summed E-state index contributed by atoms with van der Waals surface area (Å²) in [5, 5.41) is 11.5. The highest BCUT2D eigenvalue weighted by atomic mass is 19.1. The zero-order valence-electron chi connectivity index (χ0n) is 21.4. The van der Waals surface area contributed by atoms with Gasteiger partial charge in [-0.2, -0.15) is 4.80 Å². The number of nitrogens with two attached hydrogens (primary N) is 1. The molecule has 2 aromatic carbocycles. The summed E-state index contributed by atoms with van der Waals surface area (Å²) in [6.45, 7) is 6.06. The molecule has 2 N–H and O–H groups in total. The third kappa shape index (κ3) is 6.45. The van der Waals surface area contributed by atoms with Gasteiger partial charge in [0.25, 0.3) is 0 Å². The minimum Gasteiger partial charge on any atom is -0.328 e. The minimum atomic E-state index is -1.40. The molecule has 194 valence electrons. The molecule has 0 fully saturated rings. The number of tetrazole rings is 1. The standard InChI is InChI=1S/C27H33FN8O/c1-27(2,3)25(35(16-22(28)14-29)24(37)18-36-31-19-30-33-36)26-32-23(21-12-8-5-9-13-21)17-34(26)15-20-10-6-4-7-11-20/h4-13,17,19,22,25H,14-16,18,29H2,1-3H3/t22-,25-/m0/s1. The van der Waals surface area contributed by atoms with E-state index < -0.39 is 17.6 Å². The lowest BCUT2D eigenvalue weighted by Crippen LogP contribution is -2.47. The average Bonchev–Trinajstić information content (AvgIpc) is 3.54. The van der Waals surface area contributed by atoms with Crippen LogP contribution in [0.3, 0.4) is 0 Å². The Labute approximate surface area is 216 Å². The van der Waals surface area contributed by atoms with E-state index in [-0.39, 0.29) is 25.5 Å². The molecule has 0 saturated carbocycles. The van der Waals surface area contributed by atoms with Gasteiger partial charge in [-0.3, -0.25) is 4.79 Å². The molecule has 0 bridgehead atoms. The second-order valence-corrected chi connectivity index (χ2v) is 10.1. The van der Waals surface area contributed by atoms with Gasteiger partial charge in [-0.15, -0.1) is 10.2 Å². The highest BCUT2D eigenvalue weighted by Crippen LogP contribution is 2.39. The summed E-state index contributed by atoms with van der Waals surface area (Å²) < 4.78 is 16.9. The first-order valence-corrected chi connectivity index (χ1v) is 12.3. The summed E-state index contributed by atoms with van der Waals surface area (Å²) in [6.07, 6.45) is 1.85. The molecule has 4 rings (SSSR count). The maximum absolute atomic E-state index is 14.8. The number of benzene rings is 2. The lowest BCUT2D eigenvalue weighted by atomic mass is 9.84. The van der Waals surface area contributed by atoms with Crippen LogP contribution in [-0.4, -0.2) is 59.8 Å². The van der Waals surface area contributed by atoms with Gasteiger partial charge >= 0.3 is 0 Å². The molecule has 0 aliphatic heterocycles. The van der Waals surface area contributed by atoms with Gasteiger partial charge in [0.2, 0.25) is 5.91 Å². The molecule has 2 heterocycles. The first kappa shape index (κ1) is 26.2. The first-order valence-electron chi connectivity index (χ1n) is 12.3. The van der Waals surface area contributed by atoms with E-state index in [1.54, 1.807) is 0 Å². The van der Waals surface area contributed by atoms with Gasteiger partial charge in [0.05, 0.1) is 18.3 Å². The number of carbonyl (C=O) groups is 1. The van der Waals surface area contributed by atoms with Crippen LogP contribution in [-0.2, 0) is 17.9 Å². The fourth-order valence-corrected chi connectivity index (χ4v) is 4.41. The average molecular weight is 505 g/mol. The number of imidazole rings is 1. The normalized spacial score (nSPS) is 13.3. The topological polar surface area (TPSA) is 108 Å². The summed E-state index contributed by atoms with van der Waals surface area (Å²) in [7, 11) is 0. The van der Waals surface area contributed by atoms with Crippen LogP contribution in [0.4, 0.5) is 4.39 Å². The van der Waals surface area contributed by atoms with Crippen molar-refractivity contribution < 1.29 is 9.18 Å². The summed E-state index contributed by atoms with van der Waals surface area (Å²) in [4.78, 5) is 21.4. The number of alkyl halides is 1. The van der Waals surface area contributed by atoms with E-state index in [4.69, 9.17) is 10.7 Å². The van der Waals surface area contributed by atoms with Gasteiger partial charge in [-0.25, -0.2) is 9.37 Å². The van der Waals surface area contributed by atoms with Crippen LogP contribution < -0.4 is 5.73 Å². The van der Waals surface area contributed by atoms with Crippen LogP contribution in [0.1, 0.15) is 38.2 Å². The first-order chi connectivity index (χ1) is 17.8. The van der Waals surface area contributed by atoms with E-state index in [0.717, 1.165) is 16.8 Å². The number of carbonyl (C=O) groups excluding carboxylic acids is 1. The van der Waals surface area contributed by atoms with Crippen LogP contribution in [0.15, 0.2) is 73.2 Å². The molecule has 0 unspecified atom stereocenters. The van der Waals surface area contributed by atoms with Crippen LogP contribution >= 0.6 is 0 Å². The van der Waals surface area contributed by atoms with Crippen LogP contribution in [0.5, 0.6) is 0 Å². The Hall–Kier alpha value is -3.92. The van der Waals surface area contributed by atoms with Crippen molar-refractivity contribution >= 4 is 5.91 Å². The molecule has 2 aromatic heterocycles. The Bertz CT molecular complexity index is 1270. The van der Waals surface area contributed by atoms with E-state index in [2.05, 4.69) is 20.0 Å². The van der Waals surface area contributed by atoms with Crippen molar-refractivity contribution in [1.82, 2.24) is 34.7 Å². The largest absolute Gasteiger partial charge is 0.328 e. The SMILES string of the molecule is CC(C)(C)[C@H](c1nc(-c2ccccc2)cn1Cc1ccccc1)N(C[C@@H](F)CN)C(=O)Cn1ncnn1. The third-order valence-corrected chi connectivity index (χ3v) is 6.09. The predicted octanol–water partition coefficient (Wildman–Crippen LogP) is 3.50. The molecule has 0 aliphatic carbocycles. The third-order valence-electron chi connectivity index (χ3n) is 6.09. The molecule has 37 heavy (non-hydrogen) atoms. The Morgan fingerprint density at radius 2 is 1.76 bits per heavy atom. The second kappa shape index (κ2) is 11.4. The molecule has 10 heteroatoms. The van der Waals surface area contributed by atoms with Crippen LogP contribution in [0.2, 0.25) is 0 Å². The van der Waals surface area contributed by atoms with Gasteiger partial charge < -0.3 is 15.2 Å². The Morgan fingerprint density at radius 3 is 2.35 bits per heavy atom. The van der Waals surface area contributed by atoms with Crippen molar-refractivity contribution in [2.75, 3.05) is 13.1 Å². The molecule has 0 radical (unpaired) electrons. The number of halogens is 1. The highest BCUT2D eigenvalue weighted by Gasteiger charge is 2.39. The molecule has 9 nitrogen and oxygen atoms in total. The van der Waals surface area contributed by atoms with Gasteiger partial charge in [0, 0.05) is 24.8 Å². The van der Waals surface area contributed by atoms with Crippen molar-refractivity contribution in [3.8, 4) is 11.3 Å². The van der Waals surface area contributed by atoms with E-state index in [9.17, 15) is 9.18 Å². The molecule has 0 spiro atoms. The number of rotatable bonds is 10. The lowest BCUT2D eigenvalue weighted by Gasteiger charge is -2.40. The number of aromatic nitrogens is 6. The van der Waals surface area contributed by atoms with Gasteiger partial charge in [-0.05, 0) is 16.2 Å². The predicted molar refractivity (Wildman–Crippen MR) is 139 cm³/mol. The molecular weight excluding hydrogens is 471 g/mol. The second-order valence-electron chi connectivity index (χ2n) is 10.1.